The first-order valence-electron chi connectivity index (χ1n) is 5.77. The summed E-state index contributed by atoms with van der Waals surface area (Å²) < 4.78 is 6.11. The van der Waals surface area contributed by atoms with Crippen LogP contribution in [0.25, 0.3) is 0 Å². The summed E-state index contributed by atoms with van der Waals surface area (Å²) in [7, 11) is 0. The van der Waals surface area contributed by atoms with Gasteiger partial charge < -0.3 is 10.1 Å². The molecule has 1 rings (SSSR count). The predicted molar refractivity (Wildman–Crippen MR) is 76.8 cm³/mol. The molecule has 98 valence electrons. The number of rotatable bonds is 6. The molecule has 3 nitrogen and oxygen atoms in total. The minimum absolute atomic E-state index is 0.0965. The Morgan fingerprint density at radius 1 is 1.50 bits per heavy atom. The highest BCUT2D eigenvalue weighted by atomic mass is 79.9. The van der Waals surface area contributed by atoms with Gasteiger partial charge in [0.2, 0.25) is 0 Å². The summed E-state index contributed by atoms with van der Waals surface area (Å²) >= 11 is 3.39. The summed E-state index contributed by atoms with van der Waals surface area (Å²) in [4.78, 5) is 11.9. The molecule has 18 heavy (non-hydrogen) atoms. The SMILES string of the molecule is C=C(C)COCCNC(=O)c1ccc(C)cc1Br. The fourth-order valence-electron chi connectivity index (χ4n) is 1.38. The standard InChI is InChI=1S/C14H18BrNO2/c1-10(2)9-18-7-6-16-14(17)12-5-4-11(3)8-13(12)15/h4-5,8H,1,6-7,9H2,2-3H3,(H,16,17). The van der Waals surface area contributed by atoms with Gasteiger partial charge in [-0.15, -0.1) is 0 Å². The van der Waals surface area contributed by atoms with Crippen LogP contribution in [0.4, 0.5) is 0 Å². The Kier molecular flexibility index (Phi) is 6.09. The zero-order valence-electron chi connectivity index (χ0n) is 10.8. The van der Waals surface area contributed by atoms with Gasteiger partial charge in [0.05, 0.1) is 18.8 Å². The number of amides is 1. The van der Waals surface area contributed by atoms with Crippen molar-refractivity contribution >= 4 is 21.8 Å². The summed E-state index contributed by atoms with van der Waals surface area (Å²) in [5, 5.41) is 2.81. The van der Waals surface area contributed by atoms with Crippen molar-refractivity contribution in [2.75, 3.05) is 19.8 Å². The molecule has 0 aliphatic heterocycles. The highest BCUT2D eigenvalue weighted by Crippen LogP contribution is 2.17. The smallest absolute Gasteiger partial charge is 0.252 e. The van der Waals surface area contributed by atoms with Gasteiger partial charge in [-0.1, -0.05) is 18.2 Å². The van der Waals surface area contributed by atoms with Crippen LogP contribution < -0.4 is 5.32 Å². The van der Waals surface area contributed by atoms with Gasteiger partial charge in [-0.3, -0.25) is 4.79 Å². The molecule has 0 spiro atoms. The van der Waals surface area contributed by atoms with Gasteiger partial charge in [-0.2, -0.15) is 0 Å². The van der Waals surface area contributed by atoms with Crippen LogP contribution in [0.15, 0.2) is 34.8 Å². The molecule has 1 aromatic carbocycles. The third kappa shape index (κ3) is 5.02. The highest BCUT2D eigenvalue weighted by Gasteiger charge is 2.08. The number of hydrogen-bond donors (Lipinski definition) is 1. The lowest BCUT2D eigenvalue weighted by Gasteiger charge is -2.08. The lowest BCUT2D eigenvalue weighted by Crippen LogP contribution is -2.27. The predicted octanol–water partition coefficient (Wildman–Crippen LogP) is 3.08. The summed E-state index contributed by atoms with van der Waals surface area (Å²) in [6.07, 6.45) is 0. The monoisotopic (exact) mass is 311 g/mol. The van der Waals surface area contributed by atoms with E-state index in [4.69, 9.17) is 4.74 Å². The third-order valence-electron chi connectivity index (χ3n) is 2.25. The second-order valence-corrected chi connectivity index (χ2v) is 5.10. The van der Waals surface area contributed by atoms with Crippen LogP contribution in [-0.4, -0.2) is 25.7 Å². The molecule has 0 radical (unpaired) electrons. The van der Waals surface area contributed by atoms with Crippen molar-refractivity contribution in [2.24, 2.45) is 0 Å². The van der Waals surface area contributed by atoms with E-state index in [9.17, 15) is 4.79 Å². The topological polar surface area (TPSA) is 38.3 Å². The molecule has 0 fully saturated rings. The molecule has 0 bridgehead atoms. The van der Waals surface area contributed by atoms with E-state index in [-0.39, 0.29) is 5.91 Å². The van der Waals surface area contributed by atoms with E-state index in [1.54, 1.807) is 0 Å². The van der Waals surface area contributed by atoms with Gasteiger partial charge in [0.15, 0.2) is 0 Å². The summed E-state index contributed by atoms with van der Waals surface area (Å²) in [5.74, 6) is -0.0965. The van der Waals surface area contributed by atoms with Crippen molar-refractivity contribution in [3.05, 3.63) is 46.0 Å². The van der Waals surface area contributed by atoms with E-state index >= 15 is 0 Å². The van der Waals surface area contributed by atoms with Crippen LogP contribution in [-0.2, 0) is 4.74 Å². The average Bonchev–Trinajstić information content (AvgIpc) is 2.27. The lowest BCUT2D eigenvalue weighted by atomic mass is 10.1. The van der Waals surface area contributed by atoms with E-state index in [1.807, 2.05) is 32.0 Å². The fourth-order valence-corrected chi connectivity index (χ4v) is 2.06. The third-order valence-corrected chi connectivity index (χ3v) is 2.91. The van der Waals surface area contributed by atoms with E-state index in [0.717, 1.165) is 15.6 Å². The molecular weight excluding hydrogens is 294 g/mol. The van der Waals surface area contributed by atoms with Crippen LogP contribution in [0.5, 0.6) is 0 Å². The summed E-state index contributed by atoms with van der Waals surface area (Å²) in [6, 6.07) is 5.65. The molecule has 1 N–H and O–H groups in total. The Morgan fingerprint density at radius 3 is 2.83 bits per heavy atom. The van der Waals surface area contributed by atoms with Crippen molar-refractivity contribution in [1.82, 2.24) is 5.32 Å². The molecule has 0 aromatic heterocycles. The first-order valence-corrected chi connectivity index (χ1v) is 6.56. The molecule has 0 heterocycles. The zero-order chi connectivity index (χ0) is 13.5. The molecule has 4 heteroatoms. The number of carbonyl (C=O) groups excluding carboxylic acids is 1. The second kappa shape index (κ2) is 7.34. The average molecular weight is 312 g/mol. The van der Waals surface area contributed by atoms with Crippen LogP contribution in [0.3, 0.4) is 0 Å². The molecule has 0 atom stereocenters. The fraction of sp³-hybridized carbons (Fsp3) is 0.357. The van der Waals surface area contributed by atoms with Crippen molar-refractivity contribution in [1.29, 1.82) is 0 Å². The Bertz CT molecular complexity index is 443. The number of ether oxygens (including phenoxy) is 1. The number of halogens is 1. The maximum atomic E-state index is 11.9. The van der Waals surface area contributed by atoms with Crippen LogP contribution in [0.1, 0.15) is 22.8 Å². The first kappa shape index (κ1) is 14.9. The van der Waals surface area contributed by atoms with Crippen LogP contribution in [0.2, 0.25) is 0 Å². The van der Waals surface area contributed by atoms with E-state index in [2.05, 4.69) is 27.8 Å². The Hall–Kier alpha value is -1.13. The van der Waals surface area contributed by atoms with Gasteiger partial charge >= 0.3 is 0 Å². The van der Waals surface area contributed by atoms with Crippen molar-refractivity contribution in [3.8, 4) is 0 Å². The van der Waals surface area contributed by atoms with Gasteiger partial charge in [0.25, 0.3) is 5.91 Å². The second-order valence-electron chi connectivity index (χ2n) is 4.25. The van der Waals surface area contributed by atoms with E-state index in [0.29, 0.717) is 25.3 Å². The van der Waals surface area contributed by atoms with Gasteiger partial charge in [-0.05, 0) is 47.5 Å². The first-order chi connectivity index (χ1) is 8.50. The summed E-state index contributed by atoms with van der Waals surface area (Å²) in [6.45, 7) is 9.14. The molecule has 1 amide bonds. The van der Waals surface area contributed by atoms with Gasteiger partial charge in [0, 0.05) is 11.0 Å². The molecular formula is C14H18BrNO2. The van der Waals surface area contributed by atoms with Crippen molar-refractivity contribution in [3.63, 3.8) is 0 Å². The van der Waals surface area contributed by atoms with Crippen molar-refractivity contribution in [2.45, 2.75) is 13.8 Å². The molecule has 0 saturated heterocycles. The highest BCUT2D eigenvalue weighted by molar-refractivity contribution is 9.10. The van der Waals surface area contributed by atoms with Crippen LogP contribution in [0, 0.1) is 6.92 Å². The maximum absolute atomic E-state index is 11.9. The Labute approximate surface area is 116 Å². The van der Waals surface area contributed by atoms with E-state index in [1.165, 1.54) is 0 Å². The molecule has 0 aliphatic rings. The van der Waals surface area contributed by atoms with Gasteiger partial charge in [0.1, 0.15) is 0 Å². The number of benzene rings is 1. The zero-order valence-corrected chi connectivity index (χ0v) is 12.3. The number of carbonyl (C=O) groups is 1. The van der Waals surface area contributed by atoms with Crippen LogP contribution >= 0.6 is 15.9 Å². The summed E-state index contributed by atoms with van der Waals surface area (Å²) in [5.41, 5.74) is 2.73. The molecule has 0 saturated carbocycles. The van der Waals surface area contributed by atoms with E-state index < -0.39 is 0 Å². The quantitative estimate of drug-likeness (QED) is 0.647. The van der Waals surface area contributed by atoms with Gasteiger partial charge in [-0.25, -0.2) is 0 Å². The molecule has 0 unspecified atom stereocenters. The Morgan fingerprint density at radius 2 is 2.22 bits per heavy atom. The normalized spacial score (nSPS) is 10.2. The largest absolute Gasteiger partial charge is 0.375 e. The number of aryl methyl sites for hydroxylation is 1. The number of nitrogens with one attached hydrogen (secondary N) is 1. The minimum Gasteiger partial charge on any atom is -0.375 e. The Balaban J connectivity index is 2.39. The maximum Gasteiger partial charge on any atom is 0.252 e. The number of hydrogen-bond acceptors (Lipinski definition) is 2. The molecule has 0 aliphatic carbocycles. The van der Waals surface area contributed by atoms with Crippen molar-refractivity contribution < 1.29 is 9.53 Å². The lowest BCUT2D eigenvalue weighted by molar-refractivity contribution is 0.0926. The minimum atomic E-state index is -0.0965. The molecule has 1 aromatic rings.